The normalized spacial score (nSPS) is 15.5. The lowest BCUT2D eigenvalue weighted by atomic mass is 10.1. The highest BCUT2D eigenvalue weighted by Gasteiger charge is 2.24. The monoisotopic (exact) mass is 492 g/mol. The summed E-state index contributed by atoms with van der Waals surface area (Å²) in [5, 5.41) is 15.1. The Morgan fingerprint density at radius 3 is 2.56 bits per heavy atom. The maximum absolute atomic E-state index is 12.8. The number of H-pyrrole nitrogens is 1. The van der Waals surface area contributed by atoms with Crippen LogP contribution in [0, 0.1) is 0 Å². The number of aliphatic hydroxyl groups is 1. The number of carbonyl (C=O) groups excluding carboxylic acids is 2. The van der Waals surface area contributed by atoms with Gasteiger partial charge in [0.2, 0.25) is 0 Å². The molecule has 1 aromatic heterocycles. The standard InChI is InChI=1S/C26H32N6O4/c1-3-21(33)10-9-17(2)19-15-22(24(34)28-16-19)30-26(36)32-13-11-20(12-14-32)29-25(35)31-23(27)18-7-5-4-6-8-18/h4-10,15-16,20,33H,3,11-14H2,1-2H3,(H,28,34)(H,30,36)(H3,27,29,31,35)/b17-9+,21-10+. The average molecular weight is 493 g/mol. The molecule has 36 heavy (non-hydrogen) atoms. The molecular formula is C26H32N6O4. The lowest BCUT2D eigenvalue weighted by Crippen LogP contribution is -2.47. The fourth-order valence-electron chi connectivity index (χ4n) is 3.65. The number of amidine groups is 1. The van der Waals surface area contributed by atoms with Gasteiger partial charge in [0.1, 0.15) is 11.5 Å². The van der Waals surface area contributed by atoms with Crippen LogP contribution in [0.25, 0.3) is 5.57 Å². The number of allylic oxidation sites excluding steroid dienone is 4. The van der Waals surface area contributed by atoms with Gasteiger partial charge in [-0.1, -0.05) is 43.3 Å². The third kappa shape index (κ3) is 7.33. The molecule has 3 rings (SSSR count). The SMILES string of the molecule is CC/C(O)=C\C=C(/C)c1c[nH]c(=O)c(NC(=O)N2CCC(NC(=O)/N=C(\N)c3ccccc3)CC2)c1. The molecule has 2 heterocycles. The summed E-state index contributed by atoms with van der Waals surface area (Å²) in [6, 6.07) is 9.58. The molecule has 4 amide bonds. The summed E-state index contributed by atoms with van der Waals surface area (Å²) in [6.07, 6.45) is 6.52. The van der Waals surface area contributed by atoms with Gasteiger partial charge in [-0.05, 0) is 43.0 Å². The number of benzene rings is 1. The second-order valence-electron chi connectivity index (χ2n) is 8.50. The van der Waals surface area contributed by atoms with Crippen LogP contribution in [0.1, 0.15) is 44.2 Å². The van der Waals surface area contributed by atoms with Crippen molar-refractivity contribution >= 4 is 29.2 Å². The van der Waals surface area contributed by atoms with E-state index in [4.69, 9.17) is 5.73 Å². The molecule has 1 aliphatic heterocycles. The summed E-state index contributed by atoms with van der Waals surface area (Å²) in [7, 11) is 0. The summed E-state index contributed by atoms with van der Waals surface area (Å²) >= 11 is 0. The maximum atomic E-state index is 12.8. The predicted molar refractivity (Wildman–Crippen MR) is 141 cm³/mol. The molecule has 190 valence electrons. The Kier molecular flexibility index (Phi) is 9.04. The minimum absolute atomic E-state index is 0.134. The number of rotatable bonds is 6. The van der Waals surface area contributed by atoms with Crippen LogP contribution in [0.3, 0.4) is 0 Å². The van der Waals surface area contributed by atoms with Gasteiger partial charge in [0.25, 0.3) is 5.56 Å². The first-order chi connectivity index (χ1) is 17.3. The van der Waals surface area contributed by atoms with E-state index in [2.05, 4.69) is 20.6 Å². The fourth-order valence-corrected chi connectivity index (χ4v) is 3.65. The van der Waals surface area contributed by atoms with Crippen molar-refractivity contribution in [1.82, 2.24) is 15.2 Å². The quantitative estimate of drug-likeness (QED) is 0.180. The molecule has 0 bridgehead atoms. The first-order valence-electron chi connectivity index (χ1n) is 11.8. The number of nitrogens with zero attached hydrogens (tertiary/aromatic N) is 2. The number of anilines is 1. The van der Waals surface area contributed by atoms with Crippen LogP contribution in [0.5, 0.6) is 0 Å². The van der Waals surface area contributed by atoms with Gasteiger partial charge in [0.05, 0.1) is 5.76 Å². The predicted octanol–water partition coefficient (Wildman–Crippen LogP) is 3.74. The van der Waals surface area contributed by atoms with E-state index in [0.717, 1.165) is 5.57 Å². The van der Waals surface area contributed by atoms with E-state index >= 15 is 0 Å². The Morgan fingerprint density at radius 2 is 1.89 bits per heavy atom. The van der Waals surface area contributed by atoms with E-state index in [0.29, 0.717) is 43.5 Å². The Bertz CT molecular complexity index is 1220. The van der Waals surface area contributed by atoms with Crippen LogP contribution in [0.15, 0.2) is 70.3 Å². The van der Waals surface area contributed by atoms with Crippen molar-refractivity contribution < 1.29 is 14.7 Å². The molecule has 1 fully saturated rings. The Hall–Kier alpha value is -4.34. The van der Waals surface area contributed by atoms with Gasteiger partial charge >= 0.3 is 12.1 Å². The van der Waals surface area contributed by atoms with E-state index in [1.54, 1.807) is 41.4 Å². The molecule has 2 aromatic rings. The zero-order chi connectivity index (χ0) is 26.1. The van der Waals surface area contributed by atoms with Gasteiger partial charge in [-0.2, -0.15) is 4.99 Å². The van der Waals surface area contributed by atoms with Crippen molar-refractivity contribution in [2.45, 2.75) is 39.2 Å². The Balaban J connectivity index is 1.55. The summed E-state index contributed by atoms with van der Waals surface area (Å²) in [5.74, 6) is 0.388. The number of piperidine rings is 1. The van der Waals surface area contributed by atoms with Crippen LogP contribution in [-0.4, -0.2) is 52.0 Å². The molecule has 6 N–H and O–H groups in total. The smallest absolute Gasteiger partial charge is 0.343 e. The highest BCUT2D eigenvalue weighted by atomic mass is 16.3. The number of aliphatic hydroxyl groups excluding tert-OH is 1. The van der Waals surface area contributed by atoms with Crippen molar-refractivity contribution in [3.8, 4) is 0 Å². The Labute approximate surface area is 209 Å². The number of aromatic nitrogens is 1. The number of amides is 4. The van der Waals surface area contributed by atoms with Gasteiger partial charge in [-0.3, -0.25) is 4.79 Å². The molecule has 0 unspecified atom stereocenters. The highest BCUT2D eigenvalue weighted by molar-refractivity contribution is 6.03. The number of carbonyl (C=O) groups is 2. The minimum Gasteiger partial charge on any atom is -0.512 e. The molecule has 1 aromatic carbocycles. The summed E-state index contributed by atoms with van der Waals surface area (Å²) in [5.41, 5.74) is 7.81. The molecule has 1 aliphatic rings. The first-order valence-corrected chi connectivity index (χ1v) is 11.8. The molecule has 10 heteroatoms. The van der Waals surface area contributed by atoms with Crippen molar-refractivity contribution in [3.05, 3.63) is 82.0 Å². The topological polar surface area (TPSA) is 153 Å². The number of pyridine rings is 1. The van der Waals surface area contributed by atoms with Gasteiger partial charge in [-0.15, -0.1) is 0 Å². The van der Waals surface area contributed by atoms with Crippen molar-refractivity contribution in [1.29, 1.82) is 0 Å². The molecule has 1 saturated heterocycles. The zero-order valence-electron chi connectivity index (χ0n) is 20.5. The molecule has 0 spiro atoms. The van der Waals surface area contributed by atoms with Gasteiger partial charge < -0.3 is 31.4 Å². The number of likely N-dealkylation sites (tertiary alicyclic amines) is 1. The summed E-state index contributed by atoms with van der Waals surface area (Å²) in [6.45, 7) is 4.50. The summed E-state index contributed by atoms with van der Waals surface area (Å²) < 4.78 is 0. The molecule has 0 saturated carbocycles. The van der Waals surface area contributed by atoms with E-state index in [1.807, 2.05) is 32.0 Å². The largest absolute Gasteiger partial charge is 0.512 e. The van der Waals surface area contributed by atoms with Gasteiger partial charge in [-0.25, -0.2) is 9.59 Å². The van der Waals surface area contributed by atoms with Crippen molar-refractivity contribution in [2.24, 2.45) is 10.7 Å². The van der Waals surface area contributed by atoms with Crippen LogP contribution < -0.4 is 21.9 Å². The second-order valence-corrected chi connectivity index (χ2v) is 8.50. The average Bonchev–Trinajstić information content (AvgIpc) is 2.89. The molecular weight excluding hydrogens is 460 g/mol. The molecule has 10 nitrogen and oxygen atoms in total. The third-order valence-electron chi connectivity index (χ3n) is 5.89. The van der Waals surface area contributed by atoms with Gasteiger partial charge in [0.15, 0.2) is 0 Å². The van der Waals surface area contributed by atoms with Crippen molar-refractivity contribution in [3.63, 3.8) is 0 Å². The van der Waals surface area contributed by atoms with E-state index in [-0.39, 0.29) is 29.4 Å². The number of aliphatic imine (C=N–C) groups is 1. The number of aromatic amines is 1. The summed E-state index contributed by atoms with van der Waals surface area (Å²) in [4.78, 5) is 45.4. The number of hydrogen-bond acceptors (Lipinski definition) is 4. The first kappa shape index (κ1) is 26.3. The maximum Gasteiger partial charge on any atom is 0.343 e. The van der Waals surface area contributed by atoms with E-state index in [9.17, 15) is 19.5 Å². The second kappa shape index (κ2) is 12.4. The number of urea groups is 2. The molecule has 0 radical (unpaired) electrons. The van der Waals surface area contributed by atoms with Crippen LogP contribution in [-0.2, 0) is 0 Å². The molecule has 0 aliphatic carbocycles. The third-order valence-corrected chi connectivity index (χ3v) is 5.89. The number of nitrogens with two attached hydrogens (primary N) is 1. The number of hydrogen-bond donors (Lipinski definition) is 5. The van der Waals surface area contributed by atoms with E-state index < -0.39 is 11.6 Å². The lowest BCUT2D eigenvalue weighted by Gasteiger charge is -2.32. The van der Waals surface area contributed by atoms with Crippen molar-refractivity contribution in [2.75, 3.05) is 18.4 Å². The number of nitrogens with one attached hydrogen (secondary N) is 3. The van der Waals surface area contributed by atoms with Crippen LogP contribution >= 0.6 is 0 Å². The zero-order valence-corrected chi connectivity index (χ0v) is 20.5. The fraction of sp³-hybridized carbons (Fsp3) is 0.308. The Morgan fingerprint density at radius 1 is 1.19 bits per heavy atom. The minimum atomic E-state index is -0.520. The van der Waals surface area contributed by atoms with E-state index in [1.165, 1.54) is 0 Å². The highest BCUT2D eigenvalue weighted by Crippen LogP contribution is 2.17. The van der Waals surface area contributed by atoms with Crippen LogP contribution in [0.2, 0.25) is 0 Å². The lowest BCUT2D eigenvalue weighted by molar-refractivity contribution is 0.188. The van der Waals surface area contributed by atoms with Gasteiger partial charge in [0, 0.05) is 37.3 Å². The van der Waals surface area contributed by atoms with Crippen LogP contribution in [0.4, 0.5) is 15.3 Å². The molecule has 0 atom stereocenters.